The molecule has 0 aliphatic heterocycles. The second kappa shape index (κ2) is 5.79. The highest BCUT2D eigenvalue weighted by Gasteiger charge is 2.21. The Kier molecular flexibility index (Phi) is 4.28. The van der Waals surface area contributed by atoms with Crippen LogP contribution in [0, 0.1) is 0 Å². The normalized spacial score (nSPS) is 12.1. The van der Waals surface area contributed by atoms with Crippen LogP contribution in [0.4, 0.5) is 0 Å². The largest absolute Gasteiger partial charge is 0.444 e. The molecule has 0 aliphatic rings. The number of rotatable bonds is 5. The lowest BCUT2D eigenvalue weighted by atomic mass is 9.89. The van der Waals surface area contributed by atoms with Crippen LogP contribution in [0.1, 0.15) is 50.6 Å². The highest BCUT2D eigenvalue weighted by molar-refractivity contribution is 5.23. The molecule has 5 heteroatoms. The number of nitrogens with one attached hydrogen (secondary N) is 1. The zero-order valence-electron chi connectivity index (χ0n) is 13.0. The Balaban J connectivity index is 1.97. The van der Waals surface area contributed by atoms with Crippen LogP contribution in [0.2, 0.25) is 0 Å². The molecule has 0 radical (unpaired) electrons. The van der Waals surface area contributed by atoms with Gasteiger partial charge in [-0.3, -0.25) is 4.68 Å². The van der Waals surface area contributed by atoms with E-state index in [1.54, 1.807) is 6.20 Å². The van der Waals surface area contributed by atoms with Gasteiger partial charge < -0.3 is 9.73 Å². The SMILES string of the molecule is CCc1cnc(CNCc2cn(C)nc2C(C)(C)C)o1. The monoisotopic (exact) mass is 276 g/mol. The van der Waals surface area contributed by atoms with Crippen molar-refractivity contribution >= 4 is 0 Å². The molecule has 110 valence electrons. The van der Waals surface area contributed by atoms with E-state index in [9.17, 15) is 0 Å². The highest BCUT2D eigenvalue weighted by Crippen LogP contribution is 2.24. The number of oxazole rings is 1. The minimum atomic E-state index is 0.0522. The molecule has 1 N–H and O–H groups in total. The van der Waals surface area contributed by atoms with Crippen LogP contribution >= 0.6 is 0 Å². The van der Waals surface area contributed by atoms with Gasteiger partial charge in [0.1, 0.15) is 5.76 Å². The maximum absolute atomic E-state index is 5.58. The lowest BCUT2D eigenvalue weighted by molar-refractivity contribution is 0.438. The van der Waals surface area contributed by atoms with Gasteiger partial charge in [-0.15, -0.1) is 0 Å². The Morgan fingerprint density at radius 1 is 1.30 bits per heavy atom. The third-order valence-electron chi connectivity index (χ3n) is 3.16. The Bertz CT molecular complexity index is 563. The van der Waals surface area contributed by atoms with Gasteiger partial charge in [-0.1, -0.05) is 27.7 Å². The Labute approximate surface area is 120 Å². The first-order valence-corrected chi connectivity index (χ1v) is 7.07. The van der Waals surface area contributed by atoms with E-state index < -0.39 is 0 Å². The minimum Gasteiger partial charge on any atom is -0.444 e. The lowest BCUT2D eigenvalue weighted by Crippen LogP contribution is -2.19. The van der Waals surface area contributed by atoms with Crippen LogP contribution in [-0.2, 0) is 32.0 Å². The molecule has 0 bridgehead atoms. The summed E-state index contributed by atoms with van der Waals surface area (Å²) < 4.78 is 7.45. The van der Waals surface area contributed by atoms with Gasteiger partial charge in [-0.25, -0.2) is 4.98 Å². The van der Waals surface area contributed by atoms with Gasteiger partial charge in [0.25, 0.3) is 0 Å². The molecule has 2 heterocycles. The van der Waals surface area contributed by atoms with E-state index in [1.807, 2.05) is 11.7 Å². The zero-order valence-corrected chi connectivity index (χ0v) is 13.0. The summed E-state index contributed by atoms with van der Waals surface area (Å²) in [4.78, 5) is 4.24. The molecule has 0 fully saturated rings. The second-order valence-electron chi connectivity index (χ2n) is 6.10. The number of aryl methyl sites for hydroxylation is 2. The molecule has 0 saturated carbocycles. The number of nitrogens with zero attached hydrogens (tertiary/aromatic N) is 3. The van der Waals surface area contributed by atoms with Crippen molar-refractivity contribution in [2.45, 2.75) is 52.6 Å². The predicted molar refractivity (Wildman–Crippen MR) is 78.3 cm³/mol. The molecule has 0 spiro atoms. The topological polar surface area (TPSA) is 55.9 Å². The van der Waals surface area contributed by atoms with Crippen molar-refractivity contribution in [2.75, 3.05) is 0 Å². The average Bonchev–Trinajstić information content (AvgIpc) is 2.95. The minimum absolute atomic E-state index is 0.0522. The zero-order chi connectivity index (χ0) is 14.8. The van der Waals surface area contributed by atoms with E-state index in [4.69, 9.17) is 4.42 Å². The van der Waals surface area contributed by atoms with Crippen LogP contribution in [-0.4, -0.2) is 14.8 Å². The van der Waals surface area contributed by atoms with Gasteiger partial charge in [0, 0.05) is 37.2 Å². The molecule has 2 aromatic heterocycles. The van der Waals surface area contributed by atoms with Gasteiger partial charge in [-0.05, 0) is 0 Å². The van der Waals surface area contributed by atoms with Crippen LogP contribution < -0.4 is 5.32 Å². The van der Waals surface area contributed by atoms with Crippen LogP contribution in [0.25, 0.3) is 0 Å². The number of hydrogen-bond acceptors (Lipinski definition) is 4. The van der Waals surface area contributed by atoms with Crippen molar-refractivity contribution in [1.29, 1.82) is 0 Å². The summed E-state index contributed by atoms with van der Waals surface area (Å²) in [6.07, 6.45) is 4.74. The quantitative estimate of drug-likeness (QED) is 0.912. The molecule has 20 heavy (non-hydrogen) atoms. The molecular weight excluding hydrogens is 252 g/mol. The van der Waals surface area contributed by atoms with Gasteiger partial charge >= 0.3 is 0 Å². The molecule has 2 rings (SSSR count). The van der Waals surface area contributed by atoms with Crippen molar-refractivity contribution in [3.63, 3.8) is 0 Å². The molecule has 2 aromatic rings. The van der Waals surface area contributed by atoms with E-state index >= 15 is 0 Å². The van der Waals surface area contributed by atoms with E-state index in [1.165, 1.54) is 5.56 Å². The summed E-state index contributed by atoms with van der Waals surface area (Å²) in [5, 5.41) is 7.93. The van der Waals surface area contributed by atoms with Gasteiger partial charge in [0.2, 0.25) is 5.89 Å². The summed E-state index contributed by atoms with van der Waals surface area (Å²) >= 11 is 0. The molecule has 0 amide bonds. The highest BCUT2D eigenvalue weighted by atomic mass is 16.4. The van der Waals surface area contributed by atoms with Crippen LogP contribution in [0.3, 0.4) is 0 Å². The molecule has 0 saturated heterocycles. The van der Waals surface area contributed by atoms with Gasteiger partial charge in [0.15, 0.2) is 0 Å². The van der Waals surface area contributed by atoms with E-state index in [0.29, 0.717) is 6.54 Å². The van der Waals surface area contributed by atoms with Gasteiger partial charge in [0.05, 0.1) is 18.4 Å². The molecule has 5 nitrogen and oxygen atoms in total. The Morgan fingerprint density at radius 3 is 2.65 bits per heavy atom. The van der Waals surface area contributed by atoms with Crippen molar-refractivity contribution < 1.29 is 4.42 Å². The fraction of sp³-hybridized carbons (Fsp3) is 0.600. The molecule has 0 unspecified atom stereocenters. The standard InChI is InChI=1S/C15H24N4O/c1-6-12-8-17-13(20-12)9-16-7-11-10-19(5)18-14(11)15(2,3)4/h8,10,16H,6-7,9H2,1-5H3. The summed E-state index contributed by atoms with van der Waals surface area (Å²) in [7, 11) is 1.96. The van der Waals surface area contributed by atoms with E-state index in [0.717, 1.165) is 30.3 Å². The first-order valence-electron chi connectivity index (χ1n) is 7.07. The second-order valence-corrected chi connectivity index (χ2v) is 6.10. The number of aromatic nitrogens is 3. The number of hydrogen-bond donors (Lipinski definition) is 1. The molecule has 0 atom stereocenters. The summed E-state index contributed by atoms with van der Waals surface area (Å²) in [6.45, 7) is 10.0. The fourth-order valence-corrected chi connectivity index (χ4v) is 2.20. The van der Waals surface area contributed by atoms with E-state index in [-0.39, 0.29) is 5.41 Å². The van der Waals surface area contributed by atoms with Crippen molar-refractivity contribution in [3.05, 3.63) is 35.3 Å². The first-order chi connectivity index (χ1) is 9.40. The maximum atomic E-state index is 5.58. The third kappa shape index (κ3) is 3.48. The predicted octanol–water partition coefficient (Wildman–Crippen LogP) is 2.56. The average molecular weight is 276 g/mol. The van der Waals surface area contributed by atoms with Crippen molar-refractivity contribution in [1.82, 2.24) is 20.1 Å². The first kappa shape index (κ1) is 14.8. The van der Waals surface area contributed by atoms with Crippen LogP contribution in [0.15, 0.2) is 16.8 Å². The summed E-state index contributed by atoms with van der Waals surface area (Å²) in [5.41, 5.74) is 2.41. The van der Waals surface area contributed by atoms with Gasteiger partial charge in [-0.2, -0.15) is 5.10 Å². The molecule has 0 aliphatic carbocycles. The lowest BCUT2D eigenvalue weighted by Gasteiger charge is -2.17. The molecular formula is C15H24N4O. The Morgan fingerprint density at radius 2 is 2.05 bits per heavy atom. The van der Waals surface area contributed by atoms with Crippen LogP contribution in [0.5, 0.6) is 0 Å². The van der Waals surface area contributed by atoms with E-state index in [2.05, 4.69) is 49.3 Å². The molecule has 0 aromatic carbocycles. The van der Waals surface area contributed by atoms with Crippen molar-refractivity contribution in [2.24, 2.45) is 7.05 Å². The summed E-state index contributed by atoms with van der Waals surface area (Å²) in [6, 6.07) is 0. The smallest absolute Gasteiger partial charge is 0.208 e. The van der Waals surface area contributed by atoms with Crippen molar-refractivity contribution in [3.8, 4) is 0 Å². The third-order valence-corrected chi connectivity index (χ3v) is 3.16. The fourth-order valence-electron chi connectivity index (χ4n) is 2.20. The maximum Gasteiger partial charge on any atom is 0.208 e. The Hall–Kier alpha value is -1.62. The summed E-state index contributed by atoms with van der Waals surface area (Å²) in [5.74, 6) is 1.67.